The highest BCUT2D eigenvalue weighted by atomic mass is 16.3. The van der Waals surface area contributed by atoms with Crippen LogP contribution in [0.4, 0.5) is 10.5 Å². The Morgan fingerprint density at radius 2 is 2.14 bits per heavy atom. The predicted molar refractivity (Wildman–Crippen MR) is 80.8 cm³/mol. The van der Waals surface area contributed by atoms with Gasteiger partial charge in [-0.2, -0.15) is 0 Å². The molecule has 0 aliphatic rings. The van der Waals surface area contributed by atoms with E-state index in [2.05, 4.69) is 29.4 Å². The summed E-state index contributed by atoms with van der Waals surface area (Å²) in [5, 5.41) is 21.4. The fraction of sp³-hybridized carbons (Fsp3) is 0.357. The smallest absolute Gasteiger partial charge is 0.356 e. The lowest BCUT2D eigenvalue weighted by atomic mass is 10.2. The number of azo groups is 1. The van der Waals surface area contributed by atoms with Crippen LogP contribution in [0.3, 0.4) is 0 Å². The Balaban J connectivity index is 2.40. The summed E-state index contributed by atoms with van der Waals surface area (Å²) in [6.07, 6.45) is 0. The number of nitrogens with two attached hydrogens (primary N) is 1. The van der Waals surface area contributed by atoms with Gasteiger partial charge in [0.2, 0.25) is 5.88 Å². The number of aromatic hydroxyl groups is 1. The van der Waals surface area contributed by atoms with Crippen LogP contribution in [-0.4, -0.2) is 28.3 Å². The van der Waals surface area contributed by atoms with Crippen LogP contribution in [0, 0.1) is 0 Å². The van der Waals surface area contributed by atoms with E-state index >= 15 is 0 Å². The van der Waals surface area contributed by atoms with Gasteiger partial charge in [0, 0.05) is 24.5 Å². The van der Waals surface area contributed by atoms with Crippen LogP contribution in [0.5, 0.6) is 5.88 Å². The van der Waals surface area contributed by atoms with Crippen LogP contribution in [0.2, 0.25) is 0 Å². The zero-order valence-electron chi connectivity index (χ0n) is 12.1. The number of hydrogen-bond acceptors (Lipinski definition) is 4. The summed E-state index contributed by atoms with van der Waals surface area (Å²) < 4.78 is 1.74. The SMILES string of the molecule is CC(C)NCCn1c(O)c(N=NC(N)=O)c2ccccc21. The van der Waals surface area contributed by atoms with E-state index in [1.54, 1.807) is 4.57 Å². The molecule has 112 valence electrons. The average molecular weight is 289 g/mol. The number of aromatic nitrogens is 1. The highest BCUT2D eigenvalue weighted by Crippen LogP contribution is 2.38. The van der Waals surface area contributed by atoms with Crippen molar-refractivity contribution in [1.29, 1.82) is 0 Å². The lowest BCUT2D eigenvalue weighted by molar-refractivity contribution is 0.255. The molecule has 2 rings (SSSR count). The summed E-state index contributed by atoms with van der Waals surface area (Å²) in [4.78, 5) is 10.7. The molecule has 21 heavy (non-hydrogen) atoms. The molecule has 1 aromatic carbocycles. The first-order chi connectivity index (χ1) is 10.0. The van der Waals surface area contributed by atoms with Crippen LogP contribution >= 0.6 is 0 Å². The van der Waals surface area contributed by atoms with Gasteiger partial charge in [0.1, 0.15) is 0 Å². The predicted octanol–water partition coefficient (Wildman–Crippen LogP) is 2.51. The molecule has 0 fully saturated rings. The Labute approximate surface area is 122 Å². The van der Waals surface area contributed by atoms with E-state index < -0.39 is 6.03 Å². The fourth-order valence-electron chi connectivity index (χ4n) is 2.16. The van der Waals surface area contributed by atoms with Gasteiger partial charge in [0.05, 0.1) is 5.52 Å². The molecule has 0 atom stereocenters. The van der Waals surface area contributed by atoms with Crippen molar-refractivity contribution in [3.05, 3.63) is 24.3 Å². The maximum absolute atomic E-state index is 10.7. The van der Waals surface area contributed by atoms with Crippen LogP contribution in [0.15, 0.2) is 34.5 Å². The Bertz CT molecular complexity index is 675. The fourth-order valence-corrected chi connectivity index (χ4v) is 2.16. The second-order valence-corrected chi connectivity index (χ2v) is 4.99. The molecule has 2 amide bonds. The standard InChI is InChI=1S/C14H19N5O2/c1-9(2)16-7-8-19-11-6-4-3-5-10(11)12(13(19)20)17-18-14(15)21/h3-6,9,16,20H,7-8H2,1-2H3,(H2,15,21). The maximum atomic E-state index is 10.7. The van der Waals surface area contributed by atoms with E-state index in [-0.39, 0.29) is 11.6 Å². The van der Waals surface area contributed by atoms with Gasteiger partial charge in [-0.1, -0.05) is 37.2 Å². The molecule has 0 unspecified atom stereocenters. The number of primary amides is 1. The van der Waals surface area contributed by atoms with Crippen molar-refractivity contribution in [2.75, 3.05) is 6.54 Å². The first-order valence-electron chi connectivity index (χ1n) is 6.75. The number of rotatable bonds is 5. The molecule has 7 nitrogen and oxygen atoms in total. The second kappa shape index (κ2) is 6.36. The third-order valence-electron chi connectivity index (χ3n) is 3.05. The van der Waals surface area contributed by atoms with Crippen molar-refractivity contribution in [2.24, 2.45) is 16.0 Å². The summed E-state index contributed by atoms with van der Waals surface area (Å²) in [5.41, 5.74) is 6.05. The van der Waals surface area contributed by atoms with E-state index in [9.17, 15) is 9.90 Å². The van der Waals surface area contributed by atoms with Crippen molar-refractivity contribution in [1.82, 2.24) is 9.88 Å². The van der Waals surface area contributed by atoms with Gasteiger partial charge >= 0.3 is 6.03 Å². The number of amides is 2. The number of carbonyl (C=O) groups excluding carboxylic acids is 1. The molecular formula is C14H19N5O2. The first-order valence-corrected chi connectivity index (χ1v) is 6.75. The molecule has 0 spiro atoms. The number of nitrogens with zero attached hydrogens (tertiary/aromatic N) is 3. The number of carbonyl (C=O) groups is 1. The number of fused-ring (bicyclic) bond motifs is 1. The molecule has 2 aromatic rings. The Kier molecular flexibility index (Phi) is 4.54. The van der Waals surface area contributed by atoms with Crippen molar-refractivity contribution in [3.8, 4) is 5.88 Å². The van der Waals surface area contributed by atoms with E-state index in [4.69, 9.17) is 5.73 Å². The maximum Gasteiger partial charge on any atom is 0.356 e. The van der Waals surface area contributed by atoms with E-state index in [0.29, 0.717) is 19.1 Å². The summed E-state index contributed by atoms with van der Waals surface area (Å²) in [5.74, 6) is -0.0215. The molecule has 4 N–H and O–H groups in total. The summed E-state index contributed by atoms with van der Waals surface area (Å²) in [6, 6.07) is 6.88. The molecule has 0 radical (unpaired) electrons. The highest BCUT2D eigenvalue weighted by Gasteiger charge is 2.16. The Morgan fingerprint density at radius 3 is 2.81 bits per heavy atom. The minimum Gasteiger partial charge on any atom is -0.493 e. The lowest BCUT2D eigenvalue weighted by Crippen LogP contribution is -2.26. The number of urea groups is 1. The number of hydrogen-bond donors (Lipinski definition) is 3. The van der Waals surface area contributed by atoms with E-state index in [0.717, 1.165) is 10.9 Å². The van der Waals surface area contributed by atoms with Crippen molar-refractivity contribution in [3.63, 3.8) is 0 Å². The third kappa shape index (κ3) is 3.38. The van der Waals surface area contributed by atoms with Crippen molar-refractivity contribution in [2.45, 2.75) is 26.4 Å². The number of nitrogens with one attached hydrogen (secondary N) is 1. The topological polar surface area (TPSA) is 105 Å². The first kappa shape index (κ1) is 15.0. The van der Waals surface area contributed by atoms with Crippen molar-refractivity contribution < 1.29 is 9.90 Å². The van der Waals surface area contributed by atoms with Gasteiger partial charge in [-0.3, -0.25) is 0 Å². The lowest BCUT2D eigenvalue weighted by Gasteiger charge is -2.10. The van der Waals surface area contributed by atoms with Crippen LogP contribution < -0.4 is 11.1 Å². The molecule has 0 saturated heterocycles. The Morgan fingerprint density at radius 1 is 1.43 bits per heavy atom. The normalized spacial score (nSPS) is 11.8. The average Bonchev–Trinajstić information content (AvgIpc) is 2.69. The zero-order valence-corrected chi connectivity index (χ0v) is 12.1. The van der Waals surface area contributed by atoms with Crippen molar-refractivity contribution >= 4 is 22.6 Å². The molecule has 1 aromatic heterocycles. The summed E-state index contributed by atoms with van der Waals surface area (Å²) in [6.45, 7) is 5.40. The Hall–Kier alpha value is -2.41. The van der Waals surface area contributed by atoms with Crippen LogP contribution in [0.25, 0.3) is 10.9 Å². The van der Waals surface area contributed by atoms with Gasteiger partial charge in [0.15, 0.2) is 5.69 Å². The zero-order chi connectivity index (χ0) is 15.4. The molecule has 1 heterocycles. The highest BCUT2D eigenvalue weighted by molar-refractivity contribution is 5.95. The van der Waals surface area contributed by atoms with E-state index in [1.807, 2.05) is 24.3 Å². The van der Waals surface area contributed by atoms with Gasteiger partial charge < -0.3 is 20.7 Å². The minimum atomic E-state index is -0.896. The summed E-state index contributed by atoms with van der Waals surface area (Å²) >= 11 is 0. The quantitative estimate of drug-likeness (QED) is 0.736. The van der Waals surface area contributed by atoms with Crippen LogP contribution in [0.1, 0.15) is 13.8 Å². The molecule has 0 bridgehead atoms. The largest absolute Gasteiger partial charge is 0.493 e. The number of para-hydroxylation sites is 1. The molecule has 0 saturated carbocycles. The van der Waals surface area contributed by atoms with Gasteiger partial charge in [-0.25, -0.2) is 4.79 Å². The molecular weight excluding hydrogens is 270 g/mol. The van der Waals surface area contributed by atoms with Gasteiger partial charge in [-0.15, -0.1) is 5.11 Å². The van der Waals surface area contributed by atoms with Gasteiger partial charge in [-0.05, 0) is 6.07 Å². The van der Waals surface area contributed by atoms with Gasteiger partial charge in [0.25, 0.3) is 0 Å². The number of benzene rings is 1. The molecule has 0 aliphatic carbocycles. The van der Waals surface area contributed by atoms with Crippen LogP contribution in [-0.2, 0) is 6.54 Å². The molecule has 0 aliphatic heterocycles. The monoisotopic (exact) mass is 289 g/mol. The van der Waals surface area contributed by atoms with E-state index in [1.165, 1.54) is 0 Å². The second-order valence-electron chi connectivity index (χ2n) is 4.99. The minimum absolute atomic E-state index is 0.0215. The summed E-state index contributed by atoms with van der Waals surface area (Å²) in [7, 11) is 0. The molecule has 7 heteroatoms. The third-order valence-corrected chi connectivity index (χ3v) is 3.05.